The average Bonchev–Trinajstić information content (AvgIpc) is 3.10. The zero-order valence-electron chi connectivity index (χ0n) is 17.5. The Hall–Kier alpha value is -2.38. The molecule has 3 aromatic rings. The lowest BCUT2D eigenvalue weighted by atomic mass is 10.1. The molecule has 0 spiro atoms. The first-order valence-corrected chi connectivity index (χ1v) is 12.6. The smallest absolute Gasteiger partial charge is 0.251 e. The van der Waals surface area contributed by atoms with E-state index in [1.165, 1.54) is 4.70 Å². The van der Waals surface area contributed by atoms with Crippen molar-refractivity contribution in [2.24, 2.45) is 0 Å². The van der Waals surface area contributed by atoms with Crippen molar-refractivity contribution in [3.8, 4) is 0 Å². The maximum absolute atomic E-state index is 12.8. The van der Waals surface area contributed by atoms with Crippen molar-refractivity contribution in [3.05, 3.63) is 59.7 Å². The molecule has 2 heterocycles. The highest BCUT2D eigenvalue weighted by Crippen LogP contribution is 2.32. The standard InChI is InChI=1S/C24H27N3O2S2/c28-22-13-2-1-7-15-27(22)16-8-14-25-23(29)19-10-4-3-9-18(19)17-30-24-26-20-11-5-6-12-21(20)31-24/h3-6,9-12H,1-2,7-8,13-17H2,(H,25,29). The molecular weight excluding hydrogens is 426 g/mol. The lowest BCUT2D eigenvalue weighted by Crippen LogP contribution is -2.34. The van der Waals surface area contributed by atoms with Crippen LogP contribution in [0.4, 0.5) is 0 Å². The lowest BCUT2D eigenvalue weighted by molar-refractivity contribution is -0.130. The summed E-state index contributed by atoms with van der Waals surface area (Å²) in [7, 11) is 0. The highest BCUT2D eigenvalue weighted by molar-refractivity contribution is 8.00. The van der Waals surface area contributed by atoms with Gasteiger partial charge in [-0.15, -0.1) is 11.3 Å². The number of amides is 2. The van der Waals surface area contributed by atoms with E-state index in [1.807, 2.05) is 47.4 Å². The van der Waals surface area contributed by atoms with Crippen LogP contribution in [0.25, 0.3) is 10.2 Å². The Bertz CT molecular complexity index is 1020. The van der Waals surface area contributed by atoms with E-state index in [9.17, 15) is 9.59 Å². The molecule has 1 N–H and O–H groups in total. The molecule has 0 saturated carbocycles. The number of carbonyl (C=O) groups is 2. The predicted octanol–water partition coefficient (Wildman–Crippen LogP) is 5.11. The molecule has 1 fully saturated rings. The summed E-state index contributed by atoms with van der Waals surface area (Å²) in [6.07, 6.45) is 4.65. The molecule has 0 bridgehead atoms. The van der Waals surface area contributed by atoms with Gasteiger partial charge in [0.1, 0.15) is 0 Å². The quantitative estimate of drug-likeness (QED) is 0.380. The molecule has 0 atom stereocenters. The molecule has 5 nitrogen and oxygen atoms in total. The fourth-order valence-corrected chi connectivity index (χ4v) is 5.83. The topological polar surface area (TPSA) is 62.3 Å². The molecule has 1 saturated heterocycles. The van der Waals surface area contributed by atoms with Gasteiger partial charge in [-0.2, -0.15) is 0 Å². The maximum Gasteiger partial charge on any atom is 0.251 e. The third-order valence-electron chi connectivity index (χ3n) is 5.45. The Morgan fingerprint density at radius 2 is 1.94 bits per heavy atom. The first kappa shape index (κ1) is 21.8. The number of para-hydroxylation sites is 1. The van der Waals surface area contributed by atoms with Crippen LogP contribution in [0.3, 0.4) is 0 Å². The molecule has 0 unspecified atom stereocenters. The van der Waals surface area contributed by atoms with E-state index >= 15 is 0 Å². The maximum atomic E-state index is 12.8. The summed E-state index contributed by atoms with van der Waals surface area (Å²) in [5.41, 5.74) is 2.73. The number of hydrogen-bond acceptors (Lipinski definition) is 5. The molecule has 7 heteroatoms. The van der Waals surface area contributed by atoms with Crippen LogP contribution in [-0.2, 0) is 10.5 Å². The number of rotatable bonds is 8. The minimum absolute atomic E-state index is 0.0531. The van der Waals surface area contributed by atoms with Crippen LogP contribution < -0.4 is 5.32 Å². The van der Waals surface area contributed by atoms with Crippen molar-refractivity contribution >= 4 is 45.1 Å². The predicted molar refractivity (Wildman–Crippen MR) is 128 cm³/mol. The second-order valence-corrected chi connectivity index (χ2v) is 9.95. The number of aromatic nitrogens is 1. The monoisotopic (exact) mass is 453 g/mol. The van der Waals surface area contributed by atoms with Crippen molar-refractivity contribution in [3.63, 3.8) is 0 Å². The molecule has 2 amide bonds. The highest BCUT2D eigenvalue weighted by Gasteiger charge is 2.16. The number of thioether (sulfide) groups is 1. The molecule has 1 aliphatic rings. The van der Waals surface area contributed by atoms with Crippen LogP contribution in [0.2, 0.25) is 0 Å². The number of benzene rings is 2. The fourth-order valence-electron chi connectivity index (χ4n) is 3.76. The van der Waals surface area contributed by atoms with Gasteiger partial charge in [0.2, 0.25) is 5.91 Å². The number of nitrogens with zero attached hydrogens (tertiary/aromatic N) is 2. The van der Waals surface area contributed by atoms with Gasteiger partial charge < -0.3 is 10.2 Å². The third-order valence-corrected chi connectivity index (χ3v) is 7.68. The summed E-state index contributed by atoms with van der Waals surface area (Å²) in [5, 5.41) is 3.03. The van der Waals surface area contributed by atoms with Crippen molar-refractivity contribution in [2.75, 3.05) is 19.6 Å². The van der Waals surface area contributed by atoms with Crippen molar-refractivity contribution in [1.82, 2.24) is 15.2 Å². The first-order valence-electron chi connectivity index (χ1n) is 10.8. The number of carbonyl (C=O) groups excluding carboxylic acids is 2. The van der Waals surface area contributed by atoms with Gasteiger partial charge in [-0.1, -0.05) is 48.5 Å². The zero-order valence-corrected chi connectivity index (χ0v) is 19.1. The van der Waals surface area contributed by atoms with Gasteiger partial charge in [0, 0.05) is 37.4 Å². The molecule has 162 valence electrons. The van der Waals surface area contributed by atoms with Gasteiger partial charge >= 0.3 is 0 Å². The second kappa shape index (κ2) is 10.8. The summed E-state index contributed by atoms with van der Waals surface area (Å²) in [5.74, 6) is 0.898. The van der Waals surface area contributed by atoms with E-state index in [1.54, 1.807) is 23.1 Å². The van der Waals surface area contributed by atoms with E-state index in [0.717, 1.165) is 47.6 Å². The minimum Gasteiger partial charge on any atom is -0.352 e. The Balaban J connectivity index is 1.29. The van der Waals surface area contributed by atoms with Gasteiger partial charge in [-0.3, -0.25) is 9.59 Å². The van der Waals surface area contributed by atoms with Gasteiger partial charge in [0.05, 0.1) is 10.2 Å². The normalized spacial score (nSPS) is 14.6. The van der Waals surface area contributed by atoms with Crippen molar-refractivity contribution in [2.45, 2.75) is 42.2 Å². The van der Waals surface area contributed by atoms with Gasteiger partial charge in [-0.25, -0.2) is 4.98 Å². The number of nitrogens with one attached hydrogen (secondary N) is 1. The molecule has 4 rings (SSSR count). The Morgan fingerprint density at radius 3 is 2.84 bits per heavy atom. The Morgan fingerprint density at radius 1 is 1.10 bits per heavy atom. The van der Waals surface area contributed by atoms with E-state index in [-0.39, 0.29) is 11.8 Å². The Kier molecular flexibility index (Phi) is 7.59. The van der Waals surface area contributed by atoms with Crippen LogP contribution in [0.5, 0.6) is 0 Å². The van der Waals surface area contributed by atoms with Crippen LogP contribution in [0.1, 0.15) is 48.0 Å². The van der Waals surface area contributed by atoms with E-state index < -0.39 is 0 Å². The summed E-state index contributed by atoms with van der Waals surface area (Å²) >= 11 is 3.35. The van der Waals surface area contributed by atoms with Gasteiger partial charge in [0.25, 0.3) is 5.91 Å². The first-order chi connectivity index (χ1) is 15.2. The van der Waals surface area contributed by atoms with E-state index in [2.05, 4.69) is 16.4 Å². The third kappa shape index (κ3) is 5.86. The molecule has 1 aromatic heterocycles. The van der Waals surface area contributed by atoms with Gasteiger partial charge in [-0.05, 0) is 43.0 Å². The molecule has 31 heavy (non-hydrogen) atoms. The summed E-state index contributed by atoms with van der Waals surface area (Å²) in [6.45, 7) is 2.13. The molecular formula is C24H27N3O2S2. The lowest BCUT2D eigenvalue weighted by Gasteiger charge is -2.20. The molecule has 0 aliphatic carbocycles. The van der Waals surface area contributed by atoms with Crippen molar-refractivity contribution < 1.29 is 9.59 Å². The molecule has 2 aromatic carbocycles. The van der Waals surface area contributed by atoms with E-state index in [0.29, 0.717) is 30.8 Å². The van der Waals surface area contributed by atoms with Crippen LogP contribution >= 0.6 is 23.1 Å². The largest absolute Gasteiger partial charge is 0.352 e. The average molecular weight is 454 g/mol. The highest BCUT2D eigenvalue weighted by atomic mass is 32.2. The second-order valence-electron chi connectivity index (χ2n) is 7.69. The number of fused-ring (bicyclic) bond motifs is 1. The van der Waals surface area contributed by atoms with E-state index in [4.69, 9.17) is 0 Å². The summed E-state index contributed by atoms with van der Waals surface area (Å²) < 4.78 is 2.19. The zero-order chi connectivity index (χ0) is 21.5. The molecule has 1 aliphatic heterocycles. The summed E-state index contributed by atoms with van der Waals surface area (Å²) in [4.78, 5) is 31.5. The van der Waals surface area contributed by atoms with Crippen LogP contribution in [-0.4, -0.2) is 41.3 Å². The van der Waals surface area contributed by atoms with Crippen molar-refractivity contribution in [1.29, 1.82) is 0 Å². The van der Waals surface area contributed by atoms with Crippen LogP contribution in [0.15, 0.2) is 52.9 Å². The number of hydrogen-bond donors (Lipinski definition) is 1. The molecule has 0 radical (unpaired) electrons. The summed E-state index contributed by atoms with van der Waals surface area (Å²) in [6, 6.07) is 15.9. The minimum atomic E-state index is -0.0531. The Labute approximate surface area is 191 Å². The van der Waals surface area contributed by atoms with Crippen LogP contribution in [0, 0.1) is 0 Å². The number of likely N-dealkylation sites (tertiary alicyclic amines) is 1. The van der Waals surface area contributed by atoms with Gasteiger partial charge in [0.15, 0.2) is 4.34 Å². The fraction of sp³-hybridized carbons (Fsp3) is 0.375. The SMILES string of the molecule is O=C(NCCCN1CCCCCC1=O)c1ccccc1CSc1nc2ccccc2s1. The number of thiazole rings is 1.